The number of hydrogen-bond acceptors (Lipinski definition) is 6. The van der Waals surface area contributed by atoms with Crippen molar-refractivity contribution in [2.75, 3.05) is 11.9 Å². The lowest BCUT2D eigenvalue weighted by molar-refractivity contribution is -0.384. The molecule has 3 aromatic rings. The number of ether oxygens (including phenoxy) is 1. The van der Waals surface area contributed by atoms with Gasteiger partial charge in [-0.2, -0.15) is 5.10 Å². The van der Waals surface area contributed by atoms with Gasteiger partial charge in [-0.05, 0) is 30.9 Å². The maximum Gasteiger partial charge on any atom is 0.310 e. The molecule has 27 heavy (non-hydrogen) atoms. The Labute approximate surface area is 160 Å². The summed E-state index contributed by atoms with van der Waals surface area (Å²) in [7, 11) is 0. The van der Waals surface area contributed by atoms with Crippen molar-refractivity contribution < 1.29 is 9.66 Å². The third-order valence-electron chi connectivity index (χ3n) is 4.70. The molecule has 4 rings (SSSR count). The minimum absolute atomic E-state index is 0.0293. The van der Waals surface area contributed by atoms with Crippen LogP contribution in [0, 0.1) is 10.1 Å². The van der Waals surface area contributed by atoms with Crippen molar-refractivity contribution in [3.63, 3.8) is 0 Å². The minimum Gasteiger partial charge on any atom is -0.375 e. The lowest BCUT2D eigenvalue weighted by Gasteiger charge is -2.21. The summed E-state index contributed by atoms with van der Waals surface area (Å²) < 4.78 is 5.90. The normalized spacial score (nSPS) is 17.1. The van der Waals surface area contributed by atoms with Crippen LogP contribution in [0.5, 0.6) is 0 Å². The van der Waals surface area contributed by atoms with Crippen molar-refractivity contribution in [3.05, 3.63) is 57.0 Å². The average Bonchev–Trinajstić information content (AvgIpc) is 3.11. The summed E-state index contributed by atoms with van der Waals surface area (Å²) >= 11 is 5.90. The number of nitro groups is 1. The summed E-state index contributed by atoms with van der Waals surface area (Å²) in [6.45, 7) is 1.12. The molecule has 1 aromatic carbocycles. The van der Waals surface area contributed by atoms with E-state index in [2.05, 4.69) is 20.5 Å². The summed E-state index contributed by atoms with van der Waals surface area (Å²) in [6, 6.07) is 7.33. The monoisotopic (exact) mass is 387 g/mol. The summed E-state index contributed by atoms with van der Waals surface area (Å²) in [4.78, 5) is 14.5. The van der Waals surface area contributed by atoms with Gasteiger partial charge in [0.1, 0.15) is 23.1 Å². The highest BCUT2D eigenvalue weighted by Gasteiger charge is 2.23. The molecule has 1 atom stereocenters. The van der Waals surface area contributed by atoms with E-state index >= 15 is 0 Å². The van der Waals surface area contributed by atoms with Gasteiger partial charge in [-0.25, -0.2) is 4.98 Å². The molecule has 1 fully saturated rings. The van der Waals surface area contributed by atoms with Gasteiger partial charge in [-0.1, -0.05) is 23.7 Å². The summed E-state index contributed by atoms with van der Waals surface area (Å²) in [5.74, 6) is 0. The number of fused-ring (bicyclic) bond motifs is 1. The quantitative estimate of drug-likeness (QED) is 0.382. The largest absolute Gasteiger partial charge is 0.375 e. The number of nitrogens with one attached hydrogen (secondary N) is 2. The van der Waals surface area contributed by atoms with Gasteiger partial charge < -0.3 is 10.1 Å². The molecule has 1 aliphatic rings. The Balaban J connectivity index is 1.66. The van der Waals surface area contributed by atoms with Crippen molar-refractivity contribution in [3.8, 4) is 0 Å². The molecular weight excluding hydrogens is 370 g/mol. The number of aromatic nitrogens is 3. The molecule has 0 bridgehead atoms. The molecule has 9 heteroatoms. The van der Waals surface area contributed by atoms with E-state index in [1.165, 1.54) is 6.07 Å². The van der Waals surface area contributed by atoms with E-state index < -0.39 is 4.92 Å². The molecule has 0 saturated carbocycles. The first-order valence-electron chi connectivity index (χ1n) is 8.75. The predicted octanol–water partition coefficient (Wildman–Crippen LogP) is 4.37. The van der Waals surface area contributed by atoms with Gasteiger partial charge in [0.2, 0.25) is 0 Å². The van der Waals surface area contributed by atoms with E-state index in [1.54, 1.807) is 0 Å². The smallest absolute Gasteiger partial charge is 0.310 e. The number of benzene rings is 1. The van der Waals surface area contributed by atoms with E-state index in [4.69, 9.17) is 16.3 Å². The lowest BCUT2D eigenvalue weighted by atomic mass is 10.0. The van der Waals surface area contributed by atoms with Crippen LogP contribution < -0.4 is 5.32 Å². The van der Waals surface area contributed by atoms with Gasteiger partial charge in [0.25, 0.3) is 0 Å². The van der Waals surface area contributed by atoms with Crippen LogP contribution in [0.25, 0.3) is 10.9 Å². The van der Waals surface area contributed by atoms with Gasteiger partial charge >= 0.3 is 5.69 Å². The fraction of sp³-hybridized carbons (Fsp3) is 0.333. The minimum atomic E-state index is -0.481. The van der Waals surface area contributed by atoms with E-state index in [9.17, 15) is 10.1 Å². The third kappa shape index (κ3) is 3.58. The number of nitrogens with zero attached hydrogens (tertiary/aromatic N) is 3. The Morgan fingerprint density at radius 2 is 2.30 bits per heavy atom. The van der Waals surface area contributed by atoms with Gasteiger partial charge in [0, 0.05) is 24.6 Å². The first-order valence-corrected chi connectivity index (χ1v) is 9.12. The topological polar surface area (TPSA) is 106 Å². The molecule has 1 unspecified atom stereocenters. The van der Waals surface area contributed by atoms with Crippen LogP contribution in [0.2, 0.25) is 5.15 Å². The van der Waals surface area contributed by atoms with E-state index in [0.717, 1.165) is 54.2 Å². The van der Waals surface area contributed by atoms with Crippen LogP contribution in [0.1, 0.15) is 36.6 Å². The third-order valence-corrected chi connectivity index (χ3v) is 4.91. The second-order valence-electron chi connectivity index (χ2n) is 6.44. The van der Waals surface area contributed by atoms with Gasteiger partial charge in [0.15, 0.2) is 0 Å². The fourth-order valence-electron chi connectivity index (χ4n) is 3.41. The van der Waals surface area contributed by atoms with E-state index in [0.29, 0.717) is 12.2 Å². The molecule has 1 aliphatic heterocycles. The zero-order valence-electron chi connectivity index (χ0n) is 14.4. The molecule has 2 aromatic heterocycles. The highest BCUT2D eigenvalue weighted by Crippen LogP contribution is 2.34. The van der Waals surface area contributed by atoms with Crippen molar-refractivity contribution >= 4 is 33.9 Å². The summed E-state index contributed by atoms with van der Waals surface area (Å²) in [6.07, 6.45) is 4.25. The second kappa shape index (κ2) is 7.50. The number of rotatable bonds is 5. The van der Waals surface area contributed by atoms with Crippen LogP contribution >= 0.6 is 11.6 Å². The van der Waals surface area contributed by atoms with Crippen LogP contribution in [0.4, 0.5) is 11.4 Å². The van der Waals surface area contributed by atoms with Gasteiger partial charge in [-0.3, -0.25) is 15.2 Å². The molecule has 3 heterocycles. The zero-order chi connectivity index (χ0) is 18.8. The van der Waals surface area contributed by atoms with Crippen LogP contribution in [0.15, 0.2) is 30.5 Å². The maximum atomic E-state index is 11.2. The van der Waals surface area contributed by atoms with Gasteiger partial charge in [-0.15, -0.1) is 0 Å². The molecule has 8 nitrogen and oxygen atoms in total. The highest BCUT2D eigenvalue weighted by atomic mass is 35.5. The molecular formula is C18H18ClN5O3. The average molecular weight is 388 g/mol. The lowest BCUT2D eigenvalue weighted by Crippen LogP contribution is -2.12. The van der Waals surface area contributed by atoms with Crippen molar-refractivity contribution in [2.24, 2.45) is 0 Å². The predicted molar refractivity (Wildman–Crippen MR) is 102 cm³/mol. The maximum absolute atomic E-state index is 11.2. The molecule has 0 radical (unpaired) electrons. The number of hydrogen-bond donors (Lipinski definition) is 2. The number of pyridine rings is 1. The Kier molecular flexibility index (Phi) is 4.91. The number of halogens is 1. The molecule has 0 aliphatic carbocycles. The molecule has 140 valence electrons. The Morgan fingerprint density at radius 3 is 3.07 bits per heavy atom. The highest BCUT2D eigenvalue weighted by molar-refractivity contribution is 6.29. The van der Waals surface area contributed by atoms with Gasteiger partial charge in [0.05, 0.1) is 16.1 Å². The Hall–Kier alpha value is -2.71. The number of aromatic amines is 1. The first-order chi connectivity index (χ1) is 13.1. The van der Waals surface area contributed by atoms with Crippen molar-refractivity contribution in [2.45, 2.75) is 31.9 Å². The van der Waals surface area contributed by atoms with Crippen LogP contribution in [0.3, 0.4) is 0 Å². The van der Waals surface area contributed by atoms with E-state index in [-0.39, 0.29) is 16.9 Å². The van der Waals surface area contributed by atoms with E-state index in [1.807, 2.05) is 18.2 Å². The molecule has 1 saturated heterocycles. The zero-order valence-corrected chi connectivity index (χ0v) is 15.2. The molecule has 0 spiro atoms. The summed E-state index contributed by atoms with van der Waals surface area (Å²) in [5, 5.41) is 23.1. The standard InChI is InChI=1S/C18H18ClN5O3/c19-16-8-13(14(10-21-16)24(25)26)20-9-11-4-3-5-12-17(11)18(23-22-12)15-6-1-2-7-27-15/h3-5,8,10,15H,1-2,6-7,9H2,(H,20,21)(H,22,23). The molecule has 0 amide bonds. The Morgan fingerprint density at radius 1 is 1.41 bits per heavy atom. The van der Waals surface area contributed by atoms with Crippen molar-refractivity contribution in [1.29, 1.82) is 0 Å². The number of anilines is 1. The fourth-order valence-corrected chi connectivity index (χ4v) is 3.57. The van der Waals surface area contributed by atoms with Crippen molar-refractivity contribution in [1.82, 2.24) is 15.2 Å². The summed E-state index contributed by atoms with van der Waals surface area (Å²) in [5.41, 5.74) is 3.00. The SMILES string of the molecule is O=[N+]([O-])c1cnc(Cl)cc1NCc1cccc2[nH]nc(C3CCCCO3)c12. The first kappa shape index (κ1) is 17.7. The molecule has 2 N–H and O–H groups in total. The Bertz CT molecular complexity index is 984. The second-order valence-corrected chi connectivity index (χ2v) is 6.83. The van der Waals surface area contributed by atoms with Crippen LogP contribution in [-0.4, -0.2) is 26.7 Å². The number of H-pyrrole nitrogens is 1. The van der Waals surface area contributed by atoms with Crippen LogP contribution in [-0.2, 0) is 11.3 Å².